The van der Waals surface area contributed by atoms with Crippen LogP contribution in [0.2, 0.25) is 0 Å². The third-order valence-electron chi connectivity index (χ3n) is 20.1. The molecule has 104 heavy (non-hydrogen) atoms. The van der Waals surface area contributed by atoms with E-state index in [-0.39, 0.29) is 12.3 Å². The summed E-state index contributed by atoms with van der Waals surface area (Å²) in [5, 5.41) is 163. The first-order valence-electron chi connectivity index (χ1n) is 39.2. The Morgan fingerprint density at radius 3 is 1.42 bits per heavy atom. The van der Waals surface area contributed by atoms with Gasteiger partial charge in [-0.2, -0.15) is 0 Å². The van der Waals surface area contributed by atoms with E-state index in [0.29, 0.717) is 12.8 Å². The minimum Gasteiger partial charge on any atom is -0.477 e. The van der Waals surface area contributed by atoms with E-state index in [1.165, 1.54) is 148 Å². The number of amides is 3. The third kappa shape index (κ3) is 32.2. The molecule has 0 aromatic rings. The van der Waals surface area contributed by atoms with Crippen LogP contribution in [0.4, 0.5) is 0 Å². The number of carbonyl (C=O) groups excluding carboxylic acids is 3. The summed E-state index contributed by atoms with van der Waals surface area (Å²) in [5.41, 5.74) is 0. The van der Waals surface area contributed by atoms with Crippen LogP contribution in [0.1, 0.15) is 252 Å². The number of unbranched alkanes of at least 4 members (excludes halogenated alkanes) is 30. The van der Waals surface area contributed by atoms with Gasteiger partial charge in [-0.1, -0.05) is 205 Å². The number of rotatable bonds is 56. The van der Waals surface area contributed by atoms with Gasteiger partial charge in [0.25, 0.3) is 5.79 Å². The summed E-state index contributed by atoms with van der Waals surface area (Å²) in [4.78, 5) is 52.1. The number of aliphatic carboxylic acids is 1. The Kier molecular flexibility index (Phi) is 47.0. The Morgan fingerprint density at radius 2 is 0.942 bits per heavy atom. The fourth-order valence-electron chi connectivity index (χ4n) is 13.9. The highest BCUT2D eigenvalue weighted by Crippen LogP contribution is 2.40. The average molecular weight is 1490 g/mol. The number of hydrogen-bond donors (Lipinski definition) is 17. The van der Waals surface area contributed by atoms with Gasteiger partial charge in [0.1, 0.15) is 91.5 Å². The lowest BCUT2D eigenvalue weighted by molar-refractivity contribution is -0.401. The van der Waals surface area contributed by atoms with E-state index in [1.807, 2.05) is 6.08 Å². The first-order valence-corrected chi connectivity index (χ1v) is 39.2. The zero-order valence-electron chi connectivity index (χ0n) is 62.5. The quantitative estimate of drug-likeness (QED) is 0.0302. The molecule has 29 nitrogen and oxygen atoms in total. The van der Waals surface area contributed by atoms with Gasteiger partial charge in [-0.25, -0.2) is 4.79 Å². The van der Waals surface area contributed by atoms with Crippen LogP contribution in [0.25, 0.3) is 0 Å². The van der Waals surface area contributed by atoms with Gasteiger partial charge >= 0.3 is 5.97 Å². The maximum atomic E-state index is 13.6. The van der Waals surface area contributed by atoms with Crippen molar-refractivity contribution in [2.75, 3.05) is 33.0 Å². The van der Waals surface area contributed by atoms with Gasteiger partial charge in [-0.05, 0) is 44.9 Å². The molecular weight excluding hydrogens is 1360 g/mol. The molecule has 23 atom stereocenters. The van der Waals surface area contributed by atoms with Crippen LogP contribution in [0.5, 0.6) is 0 Å². The Bertz CT molecular complexity index is 2370. The molecule has 0 aromatic carbocycles. The number of carbonyl (C=O) groups is 4. The molecule has 0 aliphatic carbocycles. The fourth-order valence-corrected chi connectivity index (χ4v) is 13.9. The predicted molar refractivity (Wildman–Crippen MR) is 383 cm³/mol. The molecule has 606 valence electrons. The summed E-state index contributed by atoms with van der Waals surface area (Å²) in [6, 6.07) is -4.53. The minimum absolute atomic E-state index is 0.159. The van der Waals surface area contributed by atoms with Crippen LogP contribution < -0.4 is 16.0 Å². The summed E-state index contributed by atoms with van der Waals surface area (Å²) in [6.45, 7) is 1.75. The lowest BCUT2D eigenvalue weighted by Gasteiger charge is -2.52. The lowest BCUT2D eigenvalue weighted by atomic mass is 9.88. The van der Waals surface area contributed by atoms with Crippen LogP contribution in [-0.4, -0.2) is 269 Å². The molecule has 29 heteroatoms. The molecular formula is C75H135N3O26. The highest BCUT2D eigenvalue weighted by molar-refractivity contribution is 5.77. The summed E-state index contributed by atoms with van der Waals surface area (Å²) in [6.07, 6.45) is 7.65. The molecule has 4 aliphatic rings. The zero-order valence-corrected chi connectivity index (χ0v) is 62.5. The predicted octanol–water partition coefficient (Wildman–Crippen LogP) is 4.03. The number of hydrogen-bond acceptors (Lipinski definition) is 25. The van der Waals surface area contributed by atoms with Crippen molar-refractivity contribution in [2.24, 2.45) is 0 Å². The molecule has 4 fully saturated rings. The molecule has 0 spiro atoms. The Morgan fingerprint density at radius 1 is 0.500 bits per heavy atom. The molecule has 4 saturated heterocycles. The number of aliphatic hydroxyl groups is 13. The van der Waals surface area contributed by atoms with Gasteiger partial charge in [-0.15, -0.1) is 0 Å². The van der Waals surface area contributed by atoms with Crippen LogP contribution in [0.15, 0.2) is 24.3 Å². The largest absolute Gasteiger partial charge is 0.477 e. The van der Waals surface area contributed by atoms with Crippen molar-refractivity contribution in [3.8, 4) is 0 Å². The van der Waals surface area contributed by atoms with Gasteiger partial charge in [0.2, 0.25) is 17.7 Å². The zero-order chi connectivity index (χ0) is 76.4. The number of allylic oxidation sites excluding steroid dienone is 3. The van der Waals surface area contributed by atoms with Gasteiger partial charge in [-0.3, -0.25) is 14.4 Å². The molecule has 0 bridgehead atoms. The maximum absolute atomic E-state index is 13.6. The summed E-state index contributed by atoms with van der Waals surface area (Å²) < 4.78 is 48.0. The highest BCUT2D eigenvalue weighted by Gasteiger charge is 2.62. The second kappa shape index (κ2) is 52.6. The normalized spacial score (nSPS) is 30.9. The van der Waals surface area contributed by atoms with Gasteiger partial charge in [0, 0.05) is 26.7 Å². The van der Waals surface area contributed by atoms with Crippen molar-refractivity contribution in [3.63, 3.8) is 0 Å². The van der Waals surface area contributed by atoms with Gasteiger partial charge in [0.15, 0.2) is 18.9 Å². The lowest BCUT2D eigenvalue weighted by Crippen LogP contribution is -2.72. The molecule has 3 amide bonds. The Hall–Kier alpha value is -3.48. The topological polar surface area (TPSA) is 461 Å². The Balaban J connectivity index is 1.46. The number of carboxylic acids is 1. The fraction of sp³-hybridized carbons (Fsp3) is 0.893. The first kappa shape index (κ1) is 92.9. The Labute approximate surface area is 616 Å². The SMILES string of the molecule is CCCCCCCC/C=C\CCCCCCCCCCCCCCCC(=O)N[C@@H](CO[C@@H]1OC(CO)[C@@H](O[C@@H]2OC(CO)[C@H](O[C@@H]3OC(CO)[C@H](O)[C@H](O)C3NC(C)=O)[C@H](O[C@]3(C(=O)O)CC(O)[C@@H](NC(C)=O)C([C@H](O)[C@H](O)CO)O3)C2O)[C@H](O)C1O)[C@H](O)/C=C/CCCCCCCCCCCCC. The summed E-state index contributed by atoms with van der Waals surface area (Å²) >= 11 is 0. The van der Waals surface area contributed by atoms with E-state index in [9.17, 15) is 90.7 Å². The monoisotopic (exact) mass is 1490 g/mol. The number of aliphatic hydroxyl groups excluding tert-OH is 13. The van der Waals surface area contributed by atoms with E-state index in [1.54, 1.807) is 6.08 Å². The molecule has 8 unspecified atom stereocenters. The maximum Gasteiger partial charge on any atom is 0.364 e. The number of carboxylic acid groups (broad SMARTS) is 1. The smallest absolute Gasteiger partial charge is 0.364 e. The second-order valence-electron chi connectivity index (χ2n) is 28.9. The standard InChI is InChI=1S/C75H135N3O26/c1-5-7-9-11-13-15-17-19-20-21-22-23-24-25-26-27-28-30-32-34-36-38-40-42-58(88)78-51(52(85)41-39-37-35-33-31-29-18-16-14-12-10-8-6-2)48-97-72-65(93)64(92)67(56(46-81)99-72)101-73-66(94)70(68(57(47-82)100-73)102-71-60(77-50(4)84)63(91)62(90)55(45-80)98-71)104-75(74(95)96)43-53(86)59(76-49(3)83)69(103-75)61(89)54(87)44-79/h19-20,39,41,51-57,59-73,79-82,85-87,89-94H,5-18,21-38,40,42-48H2,1-4H3,(H,76,83)(H,77,84)(H,78,88)(H,95,96)/b20-19-,41-39+/t51-,52+,53?,54+,55?,56?,57?,59+,60?,61+,62-,63+,64+,65?,66?,67+,68-,69?,70+,71-,72+,73-,75-/m0/s1. The molecule has 0 saturated carbocycles. The number of nitrogens with one attached hydrogen (secondary N) is 3. The molecule has 4 rings (SSSR count). The second-order valence-corrected chi connectivity index (χ2v) is 28.9. The van der Waals surface area contributed by atoms with Crippen molar-refractivity contribution in [1.82, 2.24) is 16.0 Å². The van der Waals surface area contributed by atoms with Crippen LogP contribution in [-0.2, 0) is 57.1 Å². The molecule has 17 N–H and O–H groups in total. The van der Waals surface area contributed by atoms with E-state index in [4.69, 9.17) is 37.9 Å². The van der Waals surface area contributed by atoms with E-state index in [2.05, 4.69) is 41.9 Å². The van der Waals surface area contributed by atoms with Crippen molar-refractivity contribution in [2.45, 2.75) is 393 Å². The van der Waals surface area contributed by atoms with Crippen LogP contribution in [0, 0.1) is 0 Å². The molecule has 0 radical (unpaired) electrons. The van der Waals surface area contributed by atoms with Crippen LogP contribution >= 0.6 is 0 Å². The summed E-state index contributed by atoms with van der Waals surface area (Å²) in [7, 11) is 0. The van der Waals surface area contributed by atoms with Crippen molar-refractivity contribution < 1.29 is 129 Å². The van der Waals surface area contributed by atoms with E-state index >= 15 is 0 Å². The average Bonchev–Trinajstić information content (AvgIpc) is 0.749. The summed E-state index contributed by atoms with van der Waals surface area (Å²) in [5.74, 6) is -7.37. The minimum atomic E-state index is -3.28. The molecule has 4 heterocycles. The van der Waals surface area contributed by atoms with Crippen molar-refractivity contribution in [3.05, 3.63) is 24.3 Å². The first-order chi connectivity index (χ1) is 50.0. The highest BCUT2D eigenvalue weighted by atomic mass is 16.8. The van der Waals surface area contributed by atoms with E-state index < -0.39 is 198 Å². The van der Waals surface area contributed by atoms with E-state index in [0.717, 1.165) is 65.2 Å². The molecule has 4 aliphatic heterocycles. The van der Waals surface area contributed by atoms with Gasteiger partial charge in [0.05, 0.1) is 57.3 Å². The third-order valence-corrected chi connectivity index (χ3v) is 20.1. The van der Waals surface area contributed by atoms with Crippen molar-refractivity contribution >= 4 is 23.7 Å². The van der Waals surface area contributed by atoms with Gasteiger partial charge < -0.3 is 125 Å². The number of ether oxygens (including phenoxy) is 8. The molecule has 0 aromatic heterocycles. The van der Waals surface area contributed by atoms with Crippen LogP contribution in [0.3, 0.4) is 0 Å². The van der Waals surface area contributed by atoms with Crippen molar-refractivity contribution in [1.29, 1.82) is 0 Å².